The van der Waals surface area contributed by atoms with Crippen LogP contribution in [-0.4, -0.2) is 42.4 Å². The van der Waals surface area contributed by atoms with Gasteiger partial charge >= 0.3 is 5.69 Å². The van der Waals surface area contributed by atoms with E-state index in [2.05, 4.69) is 0 Å². The van der Waals surface area contributed by atoms with E-state index in [0.29, 0.717) is 12.8 Å². The lowest BCUT2D eigenvalue weighted by molar-refractivity contribution is -0.390. The second-order valence-electron chi connectivity index (χ2n) is 5.12. The summed E-state index contributed by atoms with van der Waals surface area (Å²) in [7, 11) is -2.87. The number of aliphatic hydroxyl groups is 1. The van der Waals surface area contributed by atoms with Gasteiger partial charge in [-0.05, 0) is 30.9 Å². The molecule has 0 heterocycles. The predicted octanol–water partition coefficient (Wildman–Crippen LogP) is 1.13. The molecule has 0 spiro atoms. The van der Waals surface area contributed by atoms with Gasteiger partial charge in [0.25, 0.3) is 0 Å². The van der Waals surface area contributed by atoms with Gasteiger partial charge in [-0.15, -0.1) is 0 Å². The molecular formula is C12H15FN2O5S. The monoisotopic (exact) mass is 318 g/mol. The summed E-state index contributed by atoms with van der Waals surface area (Å²) >= 11 is 0. The zero-order valence-corrected chi connectivity index (χ0v) is 12.1. The van der Waals surface area contributed by atoms with Gasteiger partial charge in [-0.1, -0.05) is 6.07 Å². The highest BCUT2D eigenvalue weighted by Crippen LogP contribution is 2.32. The maximum Gasteiger partial charge on any atom is 0.324 e. The Bertz CT molecular complexity index is 658. The third kappa shape index (κ3) is 3.04. The molecule has 0 amide bonds. The molecule has 1 fully saturated rings. The van der Waals surface area contributed by atoms with E-state index in [9.17, 15) is 28.0 Å². The first-order valence-electron chi connectivity index (χ1n) is 6.30. The Hall–Kier alpha value is -1.58. The quantitative estimate of drug-likeness (QED) is 0.648. The van der Waals surface area contributed by atoms with Crippen LogP contribution in [0.3, 0.4) is 0 Å². The fourth-order valence-electron chi connectivity index (χ4n) is 2.36. The van der Waals surface area contributed by atoms with Gasteiger partial charge in [0.05, 0.1) is 11.0 Å². The number of aliphatic hydroxyl groups excluding tert-OH is 1. The van der Waals surface area contributed by atoms with Crippen LogP contribution >= 0.6 is 0 Å². The van der Waals surface area contributed by atoms with Crippen molar-refractivity contribution in [3.05, 3.63) is 34.1 Å². The first kappa shape index (κ1) is 15.8. The number of hydrogen-bond acceptors (Lipinski definition) is 5. The fraction of sp³-hybridized carbons (Fsp3) is 0.500. The first-order chi connectivity index (χ1) is 9.73. The number of sulfonamides is 1. The summed E-state index contributed by atoms with van der Waals surface area (Å²) in [4.78, 5) is 9.20. The minimum Gasteiger partial charge on any atom is -0.393 e. The second kappa shape index (κ2) is 5.66. The SMILES string of the molecule is CN(CC1CC(O)C1)S(=O)(=O)c1cccc(F)c1[N+](=O)[O-]. The summed E-state index contributed by atoms with van der Waals surface area (Å²) in [5.41, 5.74) is -1.04. The van der Waals surface area contributed by atoms with Gasteiger partial charge in [-0.3, -0.25) is 10.1 Å². The summed E-state index contributed by atoms with van der Waals surface area (Å²) in [6.07, 6.45) is 0.561. The molecule has 0 bridgehead atoms. The summed E-state index contributed by atoms with van der Waals surface area (Å²) in [5.74, 6) is -1.18. The smallest absolute Gasteiger partial charge is 0.324 e. The van der Waals surface area contributed by atoms with Crippen molar-refractivity contribution in [2.24, 2.45) is 5.92 Å². The van der Waals surface area contributed by atoms with Crippen molar-refractivity contribution < 1.29 is 22.8 Å². The van der Waals surface area contributed by atoms with Crippen LogP contribution in [-0.2, 0) is 10.0 Å². The number of para-hydroxylation sites is 1. The van der Waals surface area contributed by atoms with Crippen LogP contribution in [0, 0.1) is 21.8 Å². The molecule has 2 rings (SSSR count). The Morgan fingerprint density at radius 1 is 1.48 bits per heavy atom. The van der Waals surface area contributed by atoms with Gasteiger partial charge < -0.3 is 5.11 Å². The molecule has 0 unspecified atom stereocenters. The molecule has 1 aliphatic carbocycles. The Morgan fingerprint density at radius 2 is 2.10 bits per heavy atom. The topological polar surface area (TPSA) is 101 Å². The molecule has 1 aromatic carbocycles. The molecule has 0 saturated heterocycles. The normalized spacial score (nSPS) is 22.1. The van der Waals surface area contributed by atoms with Crippen LogP contribution in [0.4, 0.5) is 10.1 Å². The van der Waals surface area contributed by atoms with Crippen molar-refractivity contribution in [1.82, 2.24) is 4.31 Å². The molecule has 0 aliphatic heterocycles. The molecule has 7 nitrogen and oxygen atoms in total. The number of nitrogens with zero attached hydrogens (tertiary/aromatic N) is 2. The molecule has 21 heavy (non-hydrogen) atoms. The van der Waals surface area contributed by atoms with Crippen molar-refractivity contribution in [2.45, 2.75) is 23.8 Å². The van der Waals surface area contributed by atoms with E-state index in [4.69, 9.17) is 0 Å². The lowest BCUT2D eigenvalue weighted by Crippen LogP contribution is -2.39. The molecule has 1 saturated carbocycles. The van der Waals surface area contributed by atoms with Crippen LogP contribution < -0.4 is 0 Å². The minimum absolute atomic E-state index is 0.00684. The van der Waals surface area contributed by atoms with Gasteiger partial charge in [0.15, 0.2) is 4.90 Å². The van der Waals surface area contributed by atoms with Crippen molar-refractivity contribution >= 4 is 15.7 Å². The summed E-state index contributed by atoms with van der Waals surface area (Å²) < 4.78 is 39.2. The van der Waals surface area contributed by atoms with E-state index in [0.717, 1.165) is 22.5 Å². The summed E-state index contributed by atoms with van der Waals surface area (Å²) in [6, 6.07) is 2.98. The van der Waals surface area contributed by atoms with Crippen LogP contribution in [0.1, 0.15) is 12.8 Å². The number of hydrogen-bond donors (Lipinski definition) is 1. The lowest BCUT2D eigenvalue weighted by atomic mass is 9.82. The van der Waals surface area contributed by atoms with Crippen molar-refractivity contribution in [1.29, 1.82) is 0 Å². The average Bonchev–Trinajstić information content (AvgIpc) is 2.35. The van der Waals surface area contributed by atoms with Crippen molar-refractivity contribution in [3.8, 4) is 0 Å². The zero-order valence-electron chi connectivity index (χ0n) is 11.3. The maximum absolute atomic E-state index is 13.5. The minimum atomic E-state index is -4.16. The van der Waals surface area contributed by atoms with Crippen molar-refractivity contribution in [2.75, 3.05) is 13.6 Å². The molecule has 1 aliphatic rings. The molecule has 1 N–H and O–H groups in total. The average molecular weight is 318 g/mol. The molecule has 116 valence electrons. The van der Waals surface area contributed by atoms with E-state index in [1.807, 2.05) is 0 Å². The van der Waals surface area contributed by atoms with Crippen molar-refractivity contribution in [3.63, 3.8) is 0 Å². The second-order valence-corrected chi connectivity index (χ2v) is 7.13. The number of rotatable bonds is 5. The molecule has 0 aromatic heterocycles. The van der Waals surface area contributed by atoms with Crippen LogP contribution in [0.5, 0.6) is 0 Å². The number of benzene rings is 1. The molecule has 9 heteroatoms. The predicted molar refractivity (Wildman–Crippen MR) is 71.6 cm³/mol. The van der Waals surface area contributed by atoms with E-state index >= 15 is 0 Å². The van der Waals surface area contributed by atoms with Gasteiger partial charge in [-0.2, -0.15) is 4.39 Å². The van der Waals surface area contributed by atoms with Gasteiger partial charge in [0.1, 0.15) is 0 Å². The fourth-order valence-corrected chi connectivity index (χ4v) is 3.77. The summed E-state index contributed by atoms with van der Waals surface area (Å²) in [6.45, 7) is 0.132. The third-order valence-corrected chi connectivity index (χ3v) is 5.40. The highest BCUT2D eigenvalue weighted by atomic mass is 32.2. The van der Waals surface area contributed by atoms with E-state index in [-0.39, 0.29) is 12.5 Å². The highest BCUT2D eigenvalue weighted by Gasteiger charge is 2.35. The standard InChI is InChI=1S/C12H15FN2O5S/c1-14(7-8-5-9(16)6-8)21(19,20)11-4-2-3-10(13)12(11)15(17)18/h2-4,8-9,16H,5-7H2,1H3. The maximum atomic E-state index is 13.5. The van der Waals surface area contributed by atoms with Gasteiger partial charge in [-0.25, -0.2) is 12.7 Å². The third-order valence-electron chi connectivity index (χ3n) is 3.55. The highest BCUT2D eigenvalue weighted by molar-refractivity contribution is 7.89. The Labute approximate surface area is 121 Å². The van der Waals surface area contributed by atoms with E-state index < -0.39 is 37.5 Å². The molecule has 1 aromatic rings. The summed E-state index contributed by atoms with van der Waals surface area (Å²) in [5, 5.41) is 20.1. The van der Waals surface area contributed by atoms with E-state index in [1.54, 1.807) is 0 Å². The number of nitro benzene ring substituents is 1. The van der Waals surface area contributed by atoms with E-state index in [1.165, 1.54) is 7.05 Å². The van der Waals surface area contributed by atoms with Crippen LogP contribution in [0.25, 0.3) is 0 Å². The van der Waals surface area contributed by atoms with Gasteiger partial charge in [0.2, 0.25) is 15.8 Å². The molecular weight excluding hydrogens is 303 g/mol. The Kier molecular flexibility index (Phi) is 4.26. The Balaban J connectivity index is 2.31. The zero-order chi connectivity index (χ0) is 15.8. The molecule has 0 atom stereocenters. The largest absolute Gasteiger partial charge is 0.393 e. The first-order valence-corrected chi connectivity index (χ1v) is 7.74. The van der Waals surface area contributed by atoms with Gasteiger partial charge in [0, 0.05) is 13.6 Å². The Morgan fingerprint density at radius 3 is 2.62 bits per heavy atom. The van der Waals surface area contributed by atoms with Crippen LogP contribution in [0.2, 0.25) is 0 Å². The lowest BCUT2D eigenvalue weighted by Gasteiger charge is -2.33. The number of nitro groups is 1. The van der Waals surface area contributed by atoms with Crippen LogP contribution in [0.15, 0.2) is 23.1 Å². The molecule has 0 radical (unpaired) electrons. The number of halogens is 1.